The van der Waals surface area contributed by atoms with E-state index in [1.54, 1.807) is 7.11 Å². The molecule has 2 rings (SSSR count). The fraction of sp³-hybridized carbons (Fsp3) is 0.538. The van der Waals surface area contributed by atoms with Crippen LogP contribution in [0.15, 0.2) is 22.7 Å². The second-order valence-electron chi connectivity index (χ2n) is 4.69. The second kappa shape index (κ2) is 6.14. The molecule has 0 radical (unpaired) electrons. The zero-order chi connectivity index (χ0) is 14.0. The lowest BCUT2D eigenvalue weighted by atomic mass is 10.0. The van der Waals surface area contributed by atoms with Gasteiger partial charge in [-0.15, -0.1) is 0 Å². The summed E-state index contributed by atoms with van der Waals surface area (Å²) in [6, 6.07) is 5.62. The Bertz CT molecular complexity index is 557. The molecule has 0 bridgehead atoms. The smallest absolute Gasteiger partial charge is 0.154 e. The van der Waals surface area contributed by atoms with Crippen LogP contribution in [0.25, 0.3) is 0 Å². The van der Waals surface area contributed by atoms with E-state index in [9.17, 15) is 8.42 Å². The molecule has 0 aromatic heterocycles. The monoisotopic (exact) mass is 410 g/mol. The van der Waals surface area contributed by atoms with E-state index < -0.39 is 9.84 Å². The Morgan fingerprint density at radius 3 is 2.68 bits per heavy atom. The van der Waals surface area contributed by atoms with E-state index in [1.807, 2.05) is 18.2 Å². The molecule has 1 aromatic rings. The average molecular weight is 412 g/mol. The Kier molecular flexibility index (Phi) is 4.95. The summed E-state index contributed by atoms with van der Waals surface area (Å²) in [5.41, 5.74) is 0.955. The van der Waals surface area contributed by atoms with Crippen LogP contribution in [0.4, 0.5) is 0 Å². The van der Waals surface area contributed by atoms with Crippen molar-refractivity contribution in [2.75, 3.05) is 12.9 Å². The number of benzene rings is 1. The summed E-state index contributed by atoms with van der Waals surface area (Å²) < 4.78 is 30.3. The summed E-state index contributed by atoms with van der Waals surface area (Å²) in [6.45, 7) is 0. The van der Waals surface area contributed by atoms with Gasteiger partial charge in [0.15, 0.2) is 9.84 Å². The van der Waals surface area contributed by atoms with Crippen molar-refractivity contribution in [3.63, 3.8) is 0 Å². The topological polar surface area (TPSA) is 43.4 Å². The Morgan fingerprint density at radius 1 is 1.37 bits per heavy atom. The van der Waals surface area contributed by atoms with E-state index in [2.05, 4.69) is 31.9 Å². The van der Waals surface area contributed by atoms with E-state index in [0.29, 0.717) is 5.75 Å². The molecule has 6 heteroatoms. The summed E-state index contributed by atoms with van der Waals surface area (Å²) in [5, 5.41) is -0.342. The molecule has 1 aliphatic heterocycles. The van der Waals surface area contributed by atoms with E-state index in [4.69, 9.17) is 4.74 Å². The highest BCUT2D eigenvalue weighted by atomic mass is 79.9. The van der Waals surface area contributed by atoms with Gasteiger partial charge in [-0.25, -0.2) is 8.42 Å². The zero-order valence-electron chi connectivity index (χ0n) is 10.6. The maximum atomic E-state index is 12.2. The molecule has 1 heterocycles. The van der Waals surface area contributed by atoms with Crippen molar-refractivity contribution in [2.24, 2.45) is 0 Å². The molecule has 2 atom stereocenters. The fourth-order valence-electron chi connectivity index (χ4n) is 2.37. The van der Waals surface area contributed by atoms with Crippen LogP contribution in [0, 0.1) is 0 Å². The molecular weight excluding hydrogens is 396 g/mol. The largest absolute Gasteiger partial charge is 0.497 e. The van der Waals surface area contributed by atoms with Crippen molar-refractivity contribution in [3.05, 3.63) is 28.2 Å². The van der Waals surface area contributed by atoms with Gasteiger partial charge in [0.25, 0.3) is 0 Å². The second-order valence-corrected chi connectivity index (χ2v) is 8.87. The number of halogens is 2. The lowest BCUT2D eigenvalue weighted by molar-refractivity contribution is 0.414. The van der Waals surface area contributed by atoms with Gasteiger partial charge in [0.1, 0.15) is 5.75 Å². The quantitative estimate of drug-likeness (QED) is 0.709. The third-order valence-electron chi connectivity index (χ3n) is 3.46. The number of alkyl halides is 1. The Balaban J connectivity index is 2.31. The first-order valence-electron chi connectivity index (χ1n) is 6.15. The van der Waals surface area contributed by atoms with Gasteiger partial charge in [-0.2, -0.15) is 0 Å². The van der Waals surface area contributed by atoms with Crippen LogP contribution in [0.3, 0.4) is 0 Å². The molecule has 0 saturated carbocycles. The van der Waals surface area contributed by atoms with Gasteiger partial charge in [0, 0.05) is 4.47 Å². The van der Waals surface area contributed by atoms with Gasteiger partial charge in [0.05, 0.1) is 22.9 Å². The first-order valence-corrected chi connectivity index (χ1v) is 9.57. The van der Waals surface area contributed by atoms with Crippen LogP contribution in [0.5, 0.6) is 5.75 Å². The number of rotatable bonds is 3. The summed E-state index contributed by atoms with van der Waals surface area (Å²) in [6.07, 6.45) is 2.47. The Hall–Kier alpha value is -0.0700. The summed E-state index contributed by atoms with van der Waals surface area (Å²) in [5.74, 6) is 1.05. The van der Waals surface area contributed by atoms with Gasteiger partial charge in [-0.3, -0.25) is 0 Å². The minimum Gasteiger partial charge on any atom is -0.497 e. The Morgan fingerprint density at radius 2 is 2.11 bits per heavy atom. The van der Waals surface area contributed by atoms with Crippen LogP contribution < -0.4 is 4.74 Å². The zero-order valence-corrected chi connectivity index (χ0v) is 14.6. The van der Waals surface area contributed by atoms with Crippen molar-refractivity contribution in [1.82, 2.24) is 0 Å². The molecule has 1 aromatic carbocycles. The van der Waals surface area contributed by atoms with Crippen molar-refractivity contribution in [1.29, 1.82) is 0 Å². The number of hydrogen-bond acceptors (Lipinski definition) is 3. The van der Waals surface area contributed by atoms with E-state index >= 15 is 0 Å². The van der Waals surface area contributed by atoms with Crippen LogP contribution in [0.1, 0.15) is 29.7 Å². The third-order valence-corrected chi connectivity index (χ3v) is 7.92. The highest BCUT2D eigenvalue weighted by Crippen LogP contribution is 2.40. The highest BCUT2D eigenvalue weighted by molar-refractivity contribution is 9.11. The Labute approximate surface area is 130 Å². The molecule has 1 fully saturated rings. The molecule has 0 N–H and O–H groups in total. The van der Waals surface area contributed by atoms with Crippen LogP contribution >= 0.6 is 31.9 Å². The van der Waals surface area contributed by atoms with Gasteiger partial charge in [-0.1, -0.05) is 44.3 Å². The minimum absolute atomic E-state index is 0.182. The van der Waals surface area contributed by atoms with Gasteiger partial charge in [-0.05, 0) is 30.5 Å². The van der Waals surface area contributed by atoms with Crippen molar-refractivity contribution >= 4 is 41.7 Å². The molecule has 1 aliphatic rings. The standard InChI is InChI=1S/C13H16Br2O3S/c1-18-9-5-6-10(11(14)8-9)13(15)12-4-2-3-7-19(12,16)17/h5-6,8,12-13H,2-4,7H2,1H3. The first kappa shape index (κ1) is 15.3. The maximum Gasteiger partial charge on any atom is 0.154 e. The van der Waals surface area contributed by atoms with E-state index in [1.165, 1.54) is 0 Å². The van der Waals surface area contributed by atoms with Crippen LogP contribution in [-0.2, 0) is 9.84 Å². The summed E-state index contributed by atoms with van der Waals surface area (Å²) in [4.78, 5) is -0.182. The predicted molar refractivity (Wildman–Crippen MR) is 83.8 cm³/mol. The lowest BCUT2D eigenvalue weighted by Crippen LogP contribution is -2.31. The molecule has 1 saturated heterocycles. The summed E-state index contributed by atoms with van der Waals surface area (Å²) in [7, 11) is -1.39. The van der Waals surface area contributed by atoms with E-state index in [-0.39, 0.29) is 10.1 Å². The van der Waals surface area contributed by atoms with Crippen LogP contribution in [0.2, 0.25) is 0 Å². The minimum atomic E-state index is -3.00. The molecule has 106 valence electrons. The third kappa shape index (κ3) is 3.34. The van der Waals surface area contributed by atoms with Crippen molar-refractivity contribution in [3.8, 4) is 5.75 Å². The van der Waals surface area contributed by atoms with E-state index in [0.717, 1.165) is 35.0 Å². The number of methoxy groups -OCH3 is 1. The number of hydrogen-bond donors (Lipinski definition) is 0. The SMILES string of the molecule is COc1ccc(C(Br)C2CCCCS2(=O)=O)c(Br)c1. The average Bonchev–Trinajstić information content (AvgIpc) is 2.37. The van der Waals surface area contributed by atoms with Gasteiger partial charge in [0.2, 0.25) is 0 Å². The van der Waals surface area contributed by atoms with Gasteiger partial charge >= 0.3 is 0 Å². The number of sulfone groups is 1. The maximum absolute atomic E-state index is 12.2. The molecule has 0 aliphatic carbocycles. The predicted octanol–water partition coefficient (Wildman–Crippen LogP) is 3.86. The van der Waals surface area contributed by atoms with Crippen LogP contribution in [-0.4, -0.2) is 26.5 Å². The lowest BCUT2D eigenvalue weighted by Gasteiger charge is -2.27. The summed E-state index contributed by atoms with van der Waals surface area (Å²) >= 11 is 7.06. The molecule has 19 heavy (non-hydrogen) atoms. The number of ether oxygens (including phenoxy) is 1. The molecular formula is C13H16Br2O3S. The molecule has 3 nitrogen and oxygen atoms in total. The highest BCUT2D eigenvalue weighted by Gasteiger charge is 2.35. The molecule has 0 amide bonds. The van der Waals surface area contributed by atoms with Crippen molar-refractivity contribution in [2.45, 2.75) is 29.3 Å². The fourth-order valence-corrected chi connectivity index (χ4v) is 6.87. The van der Waals surface area contributed by atoms with Gasteiger partial charge < -0.3 is 4.74 Å². The van der Waals surface area contributed by atoms with Crippen molar-refractivity contribution < 1.29 is 13.2 Å². The molecule has 0 spiro atoms. The normalized spacial score (nSPS) is 23.8. The first-order chi connectivity index (χ1) is 8.95. The molecule has 2 unspecified atom stereocenters.